The van der Waals surface area contributed by atoms with Gasteiger partial charge >= 0.3 is 0 Å². The summed E-state index contributed by atoms with van der Waals surface area (Å²) in [4.78, 5) is 4.21. The third-order valence-corrected chi connectivity index (χ3v) is 4.03. The lowest BCUT2D eigenvalue weighted by Gasteiger charge is -2.25. The van der Waals surface area contributed by atoms with Crippen LogP contribution in [-0.2, 0) is 7.05 Å². The standard InChI is InChI=1S/C16H27N3/c1-13(2)18-10-15(14-7-5-4-6-8-14)9-16-11-17-12-19(16)3/h9,11-14,18H,4-8,10H2,1-3H3. The van der Waals surface area contributed by atoms with Crippen molar-refractivity contribution in [2.75, 3.05) is 6.54 Å². The van der Waals surface area contributed by atoms with Crippen LogP contribution in [0.1, 0.15) is 51.6 Å². The van der Waals surface area contributed by atoms with Crippen molar-refractivity contribution in [3.05, 3.63) is 23.8 Å². The molecule has 0 atom stereocenters. The van der Waals surface area contributed by atoms with Gasteiger partial charge in [-0.2, -0.15) is 0 Å². The Labute approximate surface area is 117 Å². The van der Waals surface area contributed by atoms with Crippen LogP contribution in [0.25, 0.3) is 6.08 Å². The van der Waals surface area contributed by atoms with Gasteiger partial charge in [0.05, 0.1) is 18.2 Å². The number of hydrogen-bond donors (Lipinski definition) is 1. The average molecular weight is 261 g/mol. The molecule has 106 valence electrons. The molecular weight excluding hydrogens is 234 g/mol. The lowest BCUT2D eigenvalue weighted by atomic mass is 9.83. The van der Waals surface area contributed by atoms with Crippen LogP contribution in [0.3, 0.4) is 0 Å². The van der Waals surface area contributed by atoms with E-state index >= 15 is 0 Å². The number of imidazole rings is 1. The molecule has 1 aromatic heterocycles. The maximum atomic E-state index is 4.21. The number of nitrogens with zero attached hydrogens (tertiary/aromatic N) is 2. The molecule has 1 aromatic rings. The minimum absolute atomic E-state index is 0.540. The molecule has 2 rings (SSSR count). The molecule has 1 fully saturated rings. The summed E-state index contributed by atoms with van der Waals surface area (Å²) in [5, 5.41) is 3.58. The van der Waals surface area contributed by atoms with E-state index in [4.69, 9.17) is 0 Å². The topological polar surface area (TPSA) is 29.9 Å². The molecular formula is C16H27N3. The molecule has 0 amide bonds. The first-order chi connectivity index (χ1) is 9.16. The molecule has 19 heavy (non-hydrogen) atoms. The largest absolute Gasteiger partial charge is 0.334 e. The van der Waals surface area contributed by atoms with E-state index < -0.39 is 0 Å². The molecule has 3 heteroatoms. The third-order valence-electron chi connectivity index (χ3n) is 4.03. The van der Waals surface area contributed by atoms with Crippen LogP contribution in [0.4, 0.5) is 0 Å². The summed E-state index contributed by atoms with van der Waals surface area (Å²) in [6.45, 7) is 5.43. The second-order valence-corrected chi connectivity index (χ2v) is 6.02. The first-order valence-electron chi connectivity index (χ1n) is 7.57. The SMILES string of the molecule is CC(C)NCC(=Cc1cncn1C)C1CCCCC1. The molecule has 0 unspecified atom stereocenters. The number of nitrogens with one attached hydrogen (secondary N) is 1. The molecule has 1 aliphatic carbocycles. The summed E-state index contributed by atoms with van der Waals surface area (Å²) in [5.41, 5.74) is 2.77. The minimum atomic E-state index is 0.540. The zero-order chi connectivity index (χ0) is 13.7. The molecule has 0 aromatic carbocycles. The van der Waals surface area contributed by atoms with E-state index in [0.29, 0.717) is 6.04 Å². The highest BCUT2D eigenvalue weighted by Gasteiger charge is 2.18. The summed E-state index contributed by atoms with van der Waals surface area (Å²) in [6.07, 6.45) is 13.1. The molecule has 0 aliphatic heterocycles. The van der Waals surface area contributed by atoms with Crippen LogP contribution in [-0.4, -0.2) is 22.1 Å². The van der Waals surface area contributed by atoms with Crippen LogP contribution in [0.15, 0.2) is 18.1 Å². The lowest BCUT2D eigenvalue weighted by Crippen LogP contribution is -2.28. The van der Waals surface area contributed by atoms with E-state index in [-0.39, 0.29) is 0 Å². The molecule has 1 N–H and O–H groups in total. The fraction of sp³-hybridized carbons (Fsp3) is 0.688. The monoisotopic (exact) mass is 261 g/mol. The molecule has 0 spiro atoms. The highest BCUT2D eigenvalue weighted by molar-refractivity contribution is 5.50. The van der Waals surface area contributed by atoms with Gasteiger partial charge in [-0.15, -0.1) is 0 Å². The van der Waals surface area contributed by atoms with Crippen molar-refractivity contribution in [2.45, 2.75) is 52.0 Å². The van der Waals surface area contributed by atoms with Crippen molar-refractivity contribution in [1.82, 2.24) is 14.9 Å². The first kappa shape index (κ1) is 14.3. The second-order valence-electron chi connectivity index (χ2n) is 6.02. The van der Waals surface area contributed by atoms with Gasteiger partial charge in [-0.25, -0.2) is 4.98 Å². The predicted molar refractivity (Wildman–Crippen MR) is 80.9 cm³/mol. The summed E-state index contributed by atoms with van der Waals surface area (Å²) in [5.74, 6) is 0.759. The number of hydrogen-bond acceptors (Lipinski definition) is 2. The molecule has 1 saturated carbocycles. The average Bonchev–Trinajstić information content (AvgIpc) is 2.81. The van der Waals surface area contributed by atoms with Crippen LogP contribution in [0, 0.1) is 5.92 Å². The van der Waals surface area contributed by atoms with Crippen molar-refractivity contribution in [1.29, 1.82) is 0 Å². The van der Waals surface area contributed by atoms with Gasteiger partial charge in [-0.1, -0.05) is 38.7 Å². The smallest absolute Gasteiger partial charge is 0.0948 e. The maximum Gasteiger partial charge on any atom is 0.0948 e. The van der Waals surface area contributed by atoms with Gasteiger partial charge in [-0.05, 0) is 24.8 Å². The van der Waals surface area contributed by atoms with E-state index in [0.717, 1.165) is 12.5 Å². The fourth-order valence-electron chi connectivity index (χ4n) is 2.81. The van der Waals surface area contributed by atoms with E-state index in [9.17, 15) is 0 Å². The van der Waals surface area contributed by atoms with Gasteiger partial charge in [0.2, 0.25) is 0 Å². The summed E-state index contributed by atoms with van der Waals surface area (Å²) < 4.78 is 2.10. The number of aromatic nitrogens is 2. The molecule has 1 heterocycles. The molecule has 1 aliphatic rings. The van der Waals surface area contributed by atoms with Crippen LogP contribution >= 0.6 is 0 Å². The van der Waals surface area contributed by atoms with Crippen LogP contribution < -0.4 is 5.32 Å². The molecule has 0 bridgehead atoms. The van der Waals surface area contributed by atoms with Crippen LogP contribution in [0.5, 0.6) is 0 Å². The van der Waals surface area contributed by atoms with Crippen molar-refractivity contribution >= 4 is 6.08 Å². The second kappa shape index (κ2) is 6.90. The maximum absolute atomic E-state index is 4.21. The number of rotatable bonds is 5. The number of aryl methyl sites for hydroxylation is 1. The fourth-order valence-corrected chi connectivity index (χ4v) is 2.81. The Bertz CT molecular complexity index is 411. The normalized spacial score (nSPS) is 18.2. The van der Waals surface area contributed by atoms with Gasteiger partial charge in [0.1, 0.15) is 0 Å². The lowest BCUT2D eigenvalue weighted by molar-refractivity contribution is 0.394. The van der Waals surface area contributed by atoms with Crippen molar-refractivity contribution in [2.24, 2.45) is 13.0 Å². The predicted octanol–water partition coefficient (Wildman–Crippen LogP) is 3.38. The Kier molecular flexibility index (Phi) is 5.20. The Balaban J connectivity index is 2.12. The van der Waals surface area contributed by atoms with E-state index in [1.54, 1.807) is 5.57 Å². The van der Waals surface area contributed by atoms with Gasteiger partial charge in [0.15, 0.2) is 0 Å². The zero-order valence-corrected chi connectivity index (χ0v) is 12.5. The molecule has 0 saturated heterocycles. The zero-order valence-electron chi connectivity index (χ0n) is 12.5. The minimum Gasteiger partial charge on any atom is -0.334 e. The first-order valence-corrected chi connectivity index (χ1v) is 7.57. The Hall–Kier alpha value is -1.09. The van der Waals surface area contributed by atoms with E-state index in [2.05, 4.69) is 41.8 Å². The Morgan fingerprint density at radius 1 is 1.42 bits per heavy atom. The molecule has 3 nitrogen and oxygen atoms in total. The summed E-state index contributed by atoms with van der Waals surface area (Å²) in [7, 11) is 2.06. The summed E-state index contributed by atoms with van der Waals surface area (Å²) in [6, 6.07) is 0.540. The van der Waals surface area contributed by atoms with Gasteiger partial charge in [0.25, 0.3) is 0 Å². The van der Waals surface area contributed by atoms with E-state index in [1.807, 2.05) is 12.5 Å². The Morgan fingerprint density at radius 3 is 2.74 bits per heavy atom. The molecule has 0 radical (unpaired) electrons. The summed E-state index contributed by atoms with van der Waals surface area (Å²) >= 11 is 0. The third kappa shape index (κ3) is 4.20. The highest BCUT2D eigenvalue weighted by atomic mass is 15.0. The van der Waals surface area contributed by atoms with Gasteiger partial charge in [-0.3, -0.25) is 0 Å². The van der Waals surface area contributed by atoms with Crippen molar-refractivity contribution in [3.63, 3.8) is 0 Å². The Morgan fingerprint density at radius 2 is 2.16 bits per heavy atom. The van der Waals surface area contributed by atoms with Crippen molar-refractivity contribution in [3.8, 4) is 0 Å². The quantitative estimate of drug-likeness (QED) is 0.880. The van der Waals surface area contributed by atoms with Crippen molar-refractivity contribution < 1.29 is 0 Å². The van der Waals surface area contributed by atoms with E-state index in [1.165, 1.54) is 37.8 Å². The van der Waals surface area contributed by atoms with Crippen LogP contribution in [0.2, 0.25) is 0 Å². The highest BCUT2D eigenvalue weighted by Crippen LogP contribution is 2.30. The van der Waals surface area contributed by atoms with Gasteiger partial charge < -0.3 is 9.88 Å². The van der Waals surface area contributed by atoms with Gasteiger partial charge in [0, 0.05) is 19.6 Å².